The van der Waals surface area contributed by atoms with Crippen LogP contribution in [0, 0.1) is 2.88 Å². The van der Waals surface area contributed by atoms with Gasteiger partial charge < -0.3 is 9.73 Å². The first kappa shape index (κ1) is 14.3. The molecule has 0 aliphatic carbocycles. The van der Waals surface area contributed by atoms with Gasteiger partial charge in [0.2, 0.25) is 0 Å². The maximum Gasteiger partial charge on any atom is 0.253 e. The Hall–Kier alpha value is -1.60. The predicted octanol–water partition coefficient (Wildman–Crippen LogP) is 4.47. The van der Waals surface area contributed by atoms with Crippen LogP contribution in [0.15, 0.2) is 64.6 Å². The Morgan fingerprint density at radius 3 is 2.62 bits per heavy atom. The Morgan fingerprint density at radius 1 is 1.19 bits per heavy atom. The largest absolute Gasteiger partial charge is 0.467 e. The minimum Gasteiger partial charge on any atom is -0.467 e. The second kappa shape index (κ2) is 6.44. The van der Waals surface area contributed by atoms with Crippen LogP contribution in [0.4, 0.5) is 0 Å². The quantitative estimate of drug-likeness (QED) is 0.647. The molecular formula is C16H12INO2S. The van der Waals surface area contributed by atoms with Crippen molar-refractivity contribution in [3.63, 3.8) is 0 Å². The van der Waals surface area contributed by atoms with E-state index in [-0.39, 0.29) is 11.9 Å². The number of thiophene rings is 1. The standard InChI is InChI=1S/C16H12INO2S/c17-14-9-12(10-21-14)16(19)18-15(13-7-4-8-20-13)11-5-2-1-3-6-11/h1-10,15H,(H,18,19). The summed E-state index contributed by atoms with van der Waals surface area (Å²) in [6.07, 6.45) is 1.62. The van der Waals surface area contributed by atoms with Crippen LogP contribution in [0.25, 0.3) is 0 Å². The second-order valence-corrected chi connectivity index (χ2v) is 7.28. The van der Waals surface area contributed by atoms with Gasteiger partial charge >= 0.3 is 0 Å². The third-order valence-electron chi connectivity index (χ3n) is 3.07. The van der Waals surface area contributed by atoms with Crippen molar-refractivity contribution >= 4 is 39.8 Å². The Balaban J connectivity index is 1.88. The lowest BCUT2D eigenvalue weighted by molar-refractivity contribution is 0.0939. The number of rotatable bonds is 4. The highest BCUT2D eigenvalue weighted by Gasteiger charge is 2.20. The number of hydrogen-bond acceptors (Lipinski definition) is 3. The summed E-state index contributed by atoms with van der Waals surface area (Å²) in [5.41, 5.74) is 1.67. The molecule has 1 atom stereocenters. The van der Waals surface area contributed by atoms with Crippen molar-refractivity contribution in [1.29, 1.82) is 0 Å². The van der Waals surface area contributed by atoms with Gasteiger partial charge in [-0.3, -0.25) is 4.79 Å². The van der Waals surface area contributed by atoms with Crippen molar-refractivity contribution in [3.8, 4) is 0 Å². The zero-order valence-electron chi connectivity index (χ0n) is 11.0. The van der Waals surface area contributed by atoms with Crippen LogP contribution < -0.4 is 5.32 Å². The molecule has 2 heterocycles. The molecule has 21 heavy (non-hydrogen) atoms. The minimum atomic E-state index is -0.286. The van der Waals surface area contributed by atoms with Gasteiger partial charge in [0.15, 0.2) is 0 Å². The zero-order valence-corrected chi connectivity index (χ0v) is 13.9. The molecule has 0 saturated heterocycles. The Morgan fingerprint density at radius 2 is 2.00 bits per heavy atom. The van der Waals surface area contributed by atoms with Crippen LogP contribution in [-0.4, -0.2) is 5.91 Å². The van der Waals surface area contributed by atoms with Crippen LogP contribution in [-0.2, 0) is 0 Å². The van der Waals surface area contributed by atoms with E-state index in [4.69, 9.17) is 4.42 Å². The first-order valence-electron chi connectivity index (χ1n) is 6.37. The van der Waals surface area contributed by atoms with Gasteiger partial charge in [-0.05, 0) is 46.4 Å². The summed E-state index contributed by atoms with van der Waals surface area (Å²) in [6.45, 7) is 0. The van der Waals surface area contributed by atoms with Gasteiger partial charge in [0.25, 0.3) is 5.91 Å². The summed E-state index contributed by atoms with van der Waals surface area (Å²) in [6, 6.07) is 15.1. The normalized spacial score (nSPS) is 12.0. The molecule has 0 aliphatic heterocycles. The van der Waals surface area contributed by atoms with Gasteiger partial charge in [0.1, 0.15) is 11.8 Å². The molecule has 1 unspecified atom stereocenters. The van der Waals surface area contributed by atoms with Gasteiger partial charge in [-0.1, -0.05) is 30.3 Å². The fourth-order valence-corrected chi connectivity index (χ4v) is 3.39. The van der Waals surface area contributed by atoms with E-state index in [1.165, 1.54) is 0 Å². The molecule has 0 radical (unpaired) electrons. The summed E-state index contributed by atoms with van der Waals surface area (Å²) >= 11 is 3.77. The van der Waals surface area contributed by atoms with Gasteiger partial charge in [-0.2, -0.15) is 0 Å². The number of halogens is 1. The number of carbonyl (C=O) groups is 1. The highest BCUT2D eigenvalue weighted by molar-refractivity contribution is 14.1. The zero-order chi connectivity index (χ0) is 14.7. The molecule has 1 aromatic carbocycles. The summed E-state index contributed by atoms with van der Waals surface area (Å²) < 4.78 is 6.57. The highest BCUT2D eigenvalue weighted by atomic mass is 127. The Bertz CT molecular complexity index is 722. The summed E-state index contributed by atoms with van der Waals surface area (Å²) in [7, 11) is 0. The lowest BCUT2D eigenvalue weighted by Crippen LogP contribution is -2.28. The van der Waals surface area contributed by atoms with Gasteiger partial charge in [0, 0.05) is 5.38 Å². The number of benzene rings is 1. The average Bonchev–Trinajstić information content (AvgIpc) is 3.17. The molecule has 0 saturated carbocycles. The van der Waals surface area contributed by atoms with Crippen LogP contribution in [0.3, 0.4) is 0 Å². The molecule has 0 fully saturated rings. The molecule has 3 aromatic rings. The average molecular weight is 409 g/mol. The lowest BCUT2D eigenvalue weighted by atomic mass is 10.0. The second-order valence-electron chi connectivity index (χ2n) is 4.47. The molecule has 3 nitrogen and oxygen atoms in total. The summed E-state index contributed by atoms with van der Waals surface area (Å²) in [4.78, 5) is 12.4. The van der Waals surface area contributed by atoms with Crippen molar-refractivity contribution in [2.24, 2.45) is 0 Å². The number of amides is 1. The van der Waals surface area contributed by atoms with E-state index in [9.17, 15) is 4.79 Å². The highest BCUT2D eigenvalue weighted by Crippen LogP contribution is 2.24. The monoisotopic (exact) mass is 409 g/mol. The van der Waals surface area contributed by atoms with Gasteiger partial charge in [-0.15, -0.1) is 11.3 Å². The molecule has 1 amide bonds. The number of furan rings is 1. The van der Waals surface area contributed by atoms with E-state index in [0.29, 0.717) is 5.56 Å². The third kappa shape index (κ3) is 3.36. The smallest absolute Gasteiger partial charge is 0.253 e. The SMILES string of the molecule is O=C(NC(c1ccccc1)c1ccco1)c1csc(I)c1. The molecule has 106 valence electrons. The van der Waals surface area contributed by atoms with Gasteiger partial charge in [-0.25, -0.2) is 0 Å². The van der Waals surface area contributed by atoms with Crippen molar-refractivity contribution in [3.05, 3.63) is 79.9 Å². The van der Waals surface area contributed by atoms with E-state index in [2.05, 4.69) is 27.9 Å². The van der Waals surface area contributed by atoms with E-state index in [1.54, 1.807) is 17.6 Å². The Kier molecular flexibility index (Phi) is 4.40. The fraction of sp³-hybridized carbons (Fsp3) is 0.0625. The summed E-state index contributed by atoms with van der Waals surface area (Å²) in [5, 5.41) is 4.90. The minimum absolute atomic E-state index is 0.0978. The maximum atomic E-state index is 12.4. The molecule has 2 aromatic heterocycles. The van der Waals surface area contributed by atoms with Crippen molar-refractivity contribution in [2.75, 3.05) is 0 Å². The van der Waals surface area contributed by atoms with E-state index < -0.39 is 0 Å². The number of carbonyl (C=O) groups excluding carboxylic acids is 1. The predicted molar refractivity (Wildman–Crippen MR) is 91.5 cm³/mol. The molecule has 5 heteroatoms. The lowest BCUT2D eigenvalue weighted by Gasteiger charge is -2.16. The molecule has 0 bridgehead atoms. The van der Waals surface area contributed by atoms with Crippen molar-refractivity contribution in [2.45, 2.75) is 6.04 Å². The third-order valence-corrected chi connectivity index (χ3v) is 4.85. The van der Waals surface area contributed by atoms with E-state index in [0.717, 1.165) is 14.2 Å². The summed E-state index contributed by atoms with van der Waals surface area (Å²) in [5.74, 6) is 0.624. The maximum absolute atomic E-state index is 12.4. The van der Waals surface area contributed by atoms with Gasteiger partial charge in [0.05, 0.1) is 14.7 Å². The molecule has 3 rings (SSSR count). The molecular weight excluding hydrogens is 397 g/mol. The van der Waals surface area contributed by atoms with Crippen molar-refractivity contribution < 1.29 is 9.21 Å². The molecule has 0 spiro atoms. The number of nitrogens with one attached hydrogen (secondary N) is 1. The van der Waals surface area contributed by atoms with Crippen LogP contribution in [0.1, 0.15) is 27.7 Å². The van der Waals surface area contributed by atoms with Crippen molar-refractivity contribution in [1.82, 2.24) is 5.32 Å². The first-order chi connectivity index (χ1) is 10.2. The molecule has 0 aliphatic rings. The van der Waals surface area contributed by atoms with E-state index in [1.807, 2.05) is 53.9 Å². The fourth-order valence-electron chi connectivity index (χ4n) is 2.06. The van der Waals surface area contributed by atoms with Crippen LogP contribution in [0.2, 0.25) is 0 Å². The van der Waals surface area contributed by atoms with E-state index >= 15 is 0 Å². The number of hydrogen-bond donors (Lipinski definition) is 1. The van der Waals surface area contributed by atoms with Crippen LogP contribution in [0.5, 0.6) is 0 Å². The Labute approximate surface area is 140 Å². The molecule has 1 N–H and O–H groups in total. The topological polar surface area (TPSA) is 42.2 Å². The first-order valence-corrected chi connectivity index (χ1v) is 8.33. The van der Waals surface area contributed by atoms with Crippen LogP contribution >= 0.6 is 33.9 Å².